The molecule has 0 aromatic carbocycles. The minimum atomic E-state index is -4.96. The molecule has 0 saturated carbocycles. The molecule has 0 fully saturated rings. The molecular formula is C75H146O17P2. The van der Waals surface area contributed by atoms with Crippen molar-refractivity contribution in [3.05, 3.63) is 0 Å². The van der Waals surface area contributed by atoms with E-state index in [1.54, 1.807) is 0 Å². The zero-order valence-electron chi connectivity index (χ0n) is 61.3. The topological polar surface area (TPSA) is 237 Å². The third kappa shape index (κ3) is 68.6. The van der Waals surface area contributed by atoms with E-state index in [-0.39, 0.29) is 25.7 Å². The maximum Gasteiger partial charge on any atom is 0.472 e. The van der Waals surface area contributed by atoms with E-state index in [1.807, 2.05) is 0 Å². The molecule has 0 spiro atoms. The largest absolute Gasteiger partial charge is 0.472 e. The molecule has 558 valence electrons. The zero-order valence-corrected chi connectivity index (χ0v) is 63.1. The van der Waals surface area contributed by atoms with E-state index < -0.39 is 97.5 Å². The van der Waals surface area contributed by atoms with Crippen molar-refractivity contribution < 1.29 is 80.2 Å². The van der Waals surface area contributed by atoms with Gasteiger partial charge in [0.2, 0.25) is 0 Å². The van der Waals surface area contributed by atoms with E-state index in [4.69, 9.17) is 37.0 Å². The number of ether oxygens (including phenoxy) is 4. The Balaban J connectivity index is 5.25. The number of phosphoric acid groups is 2. The maximum atomic E-state index is 13.1. The van der Waals surface area contributed by atoms with E-state index in [2.05, 4.69) is 41.5 Å². The van der Waals surface area contributed by atoms with Crippen LogP contribution in [0.3, 0.4) is 0 Å². The number of phosphoric ester groups is 2. The number of unbranched alkanes of at least 4 members (excludes halogenated alkanes) is 44. The second kappa shape index (κ2) is 66.9. The van der Waals surface area contributed by atoms with Crippen LogP contribution in [0.15, 0.2) is 0 Å². The summed E-state index contributed by atoms with van der Waals surface area (Å²) >= 11 is 0. The molecule has 0 aliphatic heterocycles. The molecule has 0 aromatic rings. The molecule has 0 amide bonds. The van der Waals surface area contributed by atoms with Crippen LogP contribution in [0.5, 0.6) is 0 Å². The first-order valence-corrected chi connectivity index (χ1v) is 42.0. The van der Waals surface area contributed by atoms with E-state index >= 15 is 0 Å². The first-order chi connectivity index (χ1) is 45.4. The summed E-state index contributed by atoms with van der Waals surface area (Å²) in [5.41, 5.74) is 0. The Hall–Kier alpha value is -1.94. The SMILES string of the molecule is CCCCCCCCCCCCCCC(=O)O[C@H](COC(=O)CCCCCCCCCCCCC)COP(=O)(O)OC[C@H](O)COP(=O)(O)OC[C@@H](COC(=O)CCCCCCCCCCCCCC(C)C)OC(=O)CCCCCCCCCCCCCCCCC(C)C. The number of aliphatic hydroxyl groups excluding tert-OH is 1. The van der Waals surface area contributed by atoms with Gasteiger partial charge in [0.05, 0.1) is 26.4 Å². The summed E-state index contributed by atoms with van der Waals surface area (Å²) < 4.78 is 68.5. The van der Waals surface area contributed by atoms with E-state index in [0.29, 0.717) is 25.7 Å². The average molecular weight is 1380 g/mol. The van der Waals surface area contributed by atoms with Gasteiger partial charge in [0, 0.05) is 25.7 Å². The summed E-state index contributed by atoms with van der Waals surface area (Å²) in [6, 6.07) is 0. The van der Waals surface area contributed by atoms with Crippen LogP contribution in [0.2, 0.25) is 0 Å². The second-order valence-electron chi connectivity index (χ2n) is 28.0. The van der Waals surface area contributed by atoms with Crippen molar-refractivity contribution in [2.45, 2.75) is 407 Å². The number of rotatable bonds is 74. The Morgan fingerprint density at radius 1 is 0.287 bits per heavy atom. The normalized spacial score (nSPS) is 14.0. The van der Waals surface area contributed by atoms with Crippen molar-refractivity contribution in [2.75, 3.05) is 39.6 Å². The van der Waals surface area contributed by atoms with Gasteiger partial charge >= 0.3 is 39.5 Å². The lowest BCUT2D eigenvalue weighted by Crippen LogP contribution is -2.30. The van der Waals surface area contributed by atoms with E-state index in [9.17, 15) is 43.2 Å². The van der Waals surface area contributed by atoms with Crippen LogP contribution in [0.4, 0.5) is 0 Å². The van der Waals surface area contributed by atoms with Crippen molar-refractivity contribution in [3.63, 3.8) is 0 Å². The van der Waals surface area contributed by atoms with Crippen LogP contribution in [0.25, 0.3) is 0 Å². The molecule has 0 aliphatic rings. The van der Waals surface area contributed by atoms with Crippen LogP contribution < -0.4 is 0 Å². The van der Waals surface area contributed by atoms with E-state index in [0.717, 1.165) is 102 Å². The molecular weight excluding hydrogens is 1230 g/mol. The van der Waals surface area contributed by atoms with Crippen molar-refractivity contribution in [1.82, 2.24) is 0 Å². The number of esters is 4. The van der Waals surface area contributed by atoms with Gasteiger partial charge in [-0.05, 0) is 37.5 Å². The van der Waals surface area contributed by atoms with Gasteiger partial charge < -0.3 is 33.8 Å². The molecule has 0 heterocycles. The third-order valence-corrected chi connectivity index (χ3v) is 19.4. The van der Waals surface area contributed by atoms with E-state index in [1.165, 1.54) is 205 Å². The average Bonchev–Trinajstić information content (AvgIpc) is 2.29. The first-order valence-electron chi connectivity index (χ1n) is 39.0. The van der Waals surface area contributed by atoms with Crippen molar-refractivity contribution >= 4 is 39.5 Å². The minimum Gasteiger partial charge on any atom is -0.462 e. The molecule has 3 N–H and O–H groups in total. The Morgan fingerprint density at radius 3 is 0.723 bits per heavy atom. The van der Waals surface area contributed by atoms with Gasteiger partial charge in [-0.2, -0.15) is 0 Å². The number of carbonyl (C=O) groups excluding carboxylic acids is 4. The Labute approximate surface area is 575 Å². The molecule has 0 aliphatic carbocycles. The van der Waals surface area contributed by atoms with Gasteiger partial charge in [0.25, 0.3) is 0 Å². The highest BCUT2D eigenvalue weighted by Crippen LogP contribution is 2.45. The summed E-state index contributed by atoms with van der Waals surface area (Å²) in [4.78, 5) is 72.8. The second-order valence-corrected chi connectivity index (χ2v) is 30.9. The lowest BCUT2D eigenvalue weighted by Gasteiger charge is -2.21. The Kier molecular flexibility index (Phi) is 65.5. The quantitative estimate of drug-likeness (QED) is 0.0222. The lowest BCUT2D eigenvalue weighted by molar-refractivity contribution is -0.161. The van der Waals surface area contributed by atoms with Crippen molar-refractivity contribution in [1.29, 1.82) is 0 Å². The summed E-state index contributed by atoms with van der Waals surface area (Å²) in [7, 11) is -9.91. The van der Waals surface area contributed by atoms with Gasteiger partial charge in [-0.25, -0.2) is 9.13 Å². The van der Waals surface area contributed by atoms with Crippen LogP contribution >= 0.6 is 15.6 Å². The summed E-state index contributed by atoms with van der Waals surface area (Å²) in [6.45, 7) is 9.62. The standard InChI is InChI=1S/C75H146O17P2/c1-7-9-11-13-15-17-19-28-35-41-47-53-59-74(79)91-70(63-85-72(77)57-51-45-39-33-25-18-16-14-12-10-8-2)65-89-93(81,82)87-61-69(76)62-88-94(83,84)90-66-71(64-86-73(78)58-52-46-40-34-30-24-27-32-38-44-50-56-68(5)6)92-75(80)60-54-48-42-36-29-23-21-20-22-26-31-37-43-49-55-67(3)4/h67-71,76H,7-66H2,1-6H3,(H,81,82)(H,83,84)/t69-,70+,71+/m0/s1. The van der Waals surface area contributed by atoms with Gasteiger partial charge in [-0.3, -0.25) is 37.3 Å². The summed E-state index contributed by atoms with van der Waals surface area (Å²) in [5, 5.41) is 10.6. The molecule has 0 saturated heterocycles. The highest BCUT2D eigenvalue weighted by atomic mass is 31.2. The lowest BCUT2D eigenvalue weighted by atomic mass is 10.0. The highest BCUT2D eigenvalue weighted by Gasteiger charge is 2.30. The van der Waals surface area contributed by atoms with Crippen LogP contribution in [0, 0.1) is 11.8 Å². The fourth-order valence-corrected chi connectivity index (χ4v) is 13.1. The predicted octanol–water partition coefficient (Wildman–Crippen LogP) is 21.9. The molecule has 0 aromatic heterocycles. The Bertz CT molecular complexity index is 1820. The molecule has 94 heavy (non-hydrogen) atoms. The maximum absolute atomic E-state index is 13.1. The number of aliphatic hydroxyl groups is 1. The highest BCUT2D eigenvalue weighted by molar-refractivity contribution is 7.47. The van der Waals surface area contributed by atoms with Crippen LogP contribution in [-0.4, -0.2) is 96.7 Å². The number of hydrogen-bond acceptors (Lipinski definition) is 15. The smallest absolute Gasteiger partial charge is 0.462 e. The van der Waals surface area contributed by atoms with Crippen LogP contribution in [-0.2, 0) is 65.4 Å². The molecule has 0 radical (unpaired) electrons. The zero-order chi connectivity index (χ0) is 69.3. The van der Waals surface area contributed by atoms with Gasteiger partial charge in [0.15, 0.2) is 12.2 Å². The van der Waals surface area contributed by atoms with Gasteiger partial charge in [-0.1, -0.05) is 337 Å². The predicted molar refractivity (Wildman–Crippen MR) is 381 cm³/mol. The molecule has 5 atom stereocenters. The number of carbonyl (C=O) groups is 4. The molecule has 2 unspecified atom stereocenters. The van der Waals surface area contributed by atoms with Crippen LogP contribution in [0.1, 0.15) is 388 Å². The van der Waals surface area contributed by atoms with Crippen molar-refractivity contribution in [2.24, 2.45) is 11.8 Å². The fraction of sp³-hybridized carbons (Fsp3) is 0.947. The summed E-state index contributed by atoms with van der Waals surface area (Å²) in [6.07, 6.45) is 53.9. The Morgan fingerprint density at radius 2 is 0.489 bits per heavy atom. The summed E-state index contributed by atoms with van der Waals surface area (Å²) in [5.74, 6) is -0.548. The van der Waals surface area contributed by atoms with Gasteiger partial charge in [-0.15, -0.1) is 0 Å². The van der Waals surface area contributed by atoms with Gasteiger partial charge in [0.1, 0.15) is 19.3 Å². The molecule has 17 nitrogen and oxygen atoms in total. The first kappa shape index (κ1) is 92.1. The minimum absolute atomic E-state index is 0.108. The number of hydrogen-bond donors (Lipinski definition) is 3. The van der Waals surface area contributed by atoms with Crippen molar-refractivity contribution in [3.8, 4) is 0 Å². The molecule has 19 heteroatoms. The molecule has 0 bridgehead atoms. The third-order valence-electron chi connectivity index (χ3n) is 17.5. The molecule has 0 rings (SSSR count). The fourth-order valence-electron chi connectivity index (χ4n) is 11.5. The monoisotopic (exact) mass is 1380 g/mol.